The maximum Gasteiger partial charge on any atom is 0.336 e. The number of imidazole rings is 1. The van der Waals surface area contributed by atoms with Crippen LogP contribution in [0.5, 0.6) is 0 Å². The predicted molar refractivity (Wildman–Crippen MR) is 150 cm³/mol. The second-order valence-electron chi connectivity index (χ2n) is 9.44. The SMILES string of the molecule is COC(=O)C1C(C)=NC(C)=C(C(=O)OCC=Cc2ccc(C(C)n3ccnc3)cc2)C1c1cccc([N+](=O)[O-])c1. The monoisotopic (exact) mass is 542 g/mol. The molecular weight excluding hydrogens is 512 g/mol. The smallest absolute Gasteiger partial charge is 0.336 e. The highest BCUT2D eigenvalue weighted by Crippen LogP contribution is 2.41. The Labute approximate surface area is 231 Å². The van der Waals surface area contributed by atoms with E-state index in [-0.39, 0.29) is 23.9 Å². The maximum atomic E-state index is 13.3. The number of carbonyl (C=O) groups excluding carboxylic acids is 2. The number of non-ortho nitro benzene ring substituents is 1. The Morgan fingerprint density at radius 2 is 1.93 bits per heavy atom. The summed E-state index contributed by atoms with van der Waals surface area (Å²) in [5, 5.41) is 11.4. The molecule has 206 valence electrons. The standard InChI is InChI=1S/C30H30N4O6/c1-19-26(29(35)39-4)28(24-8-5-9-25(17-24)34(37)38)27(20(2)32-19)30(36)40-16-6-7-22-10-12-23(13-11-22)21(3)33-15-14-31-18-33/h5-15,17-18,21,26,28H,16H2,1-4H3. The molecule has 0 fully saturated rings. The average molecular weight is 543 g/mol. The first kappa shape index (κ1) is 28.2. The lowest BCUT2D eigenvalue weighted by atomic mass is 9.75. The summed E-state index contributed by atoms with van der Waals surface area (Å²) in [6, 6.07) is 14.0. The number of methoxy groups -OCH3 is 1. The highest BCUT2D eigenvalue weighted by molar-refractivity contribution is 6.07. The van der Waals surface area contributed by atoms with Gasteiger partial charge in [-0.3, -0.25) is 19.9 Å². The van der Waals surface area contributed by atoms with Crippen LogP contribution in [0.4, 0.5) is 5.69 Å². The molecule has 3 aromatic rings. The van der Waals surface area contributed by atoms with Gasteiger partial charge >= 0.3 is 11.9 Å². The van der Waals surface area contributed by atoms with Crippen LogP contribution < -0.4 is 0 Å². The van der Waals surface area contributed by atoms with Gasteiger partial charge in [-0.05, 0) is 43.5 Å². The van der Waals surface area contributed by atoms with E-state index >= 15 is 0 Å². The first-order chi connectivity index (χ1) is 19.2. The summed E-state index contributed by atoms with van der Waals surface area (Å²) in [6.07, 6.45) is 9.01. The Morgan fingerprint density at radius 1 is 1.18 bits per heavy atom. The van der Waals surface area contributed by atoms with Crippen LogP contribution in [0, 0.1) is 16.0 Å². The Kier molecular flexibility index (Phi) is 8.68. The number of hydrogen-bond donors (Lipinski definition) is 0. The molecule has 0 aliphatic carbocycles. The molecule has 10 heteroatoms. The summed E-state index contributed by atoms with van der Waals surface area (Å²) in [6.45, 7) is 5.39. The number of allylic oxidation sites excluding steroid dienone is 1. The number of nitrogens with zero attached hydrogens (tertiary/aromatic N) is 4. The number of hydrogen-bond acceptors (Lipinski definition) is 8. The molecule has 3 atom stereocenters. The van der Waals surface area contributed by atoms with Gasteiger partial charge in [-0.25, -0.2) is 9.78 Å². The van der Waals surface area contributed by atoms with E-state index < -0.39 is 28.7 Å². The lowest BCUT2D eigenvalue weighted by Crippen LogP contribution is -2.36. The largest absolute Gasteiger partial charge is 0.468 e. The summed E-state index contributed by atoms with van der Waals surface area (Å²) in [5.74, 6) is -3.04. The van der Waals surface area contributed by atoms with Crippen molar-refractivity contribution in [3.8, 4) is 0 Å². The number of rotatable bonds is 9. The van der Waals surface area contributed by atoms with Gasteiger partial charge in [0, 0.05) is 41.9 Å². The fourth-order valence-electron chi connectivity index (χ4n) is 4.87. The van der Waals surface area contributed by atoms with E-state index in [1.807, 2.05) is 41.1 Å². The fourth-order valence-corrected chi connectivity index (χ4v) is 4.87. The van der Waals surface area contributed by atoms with Crippen molar-refractivity contribution >= 4 is 29.4 Å². The van der Waals surface area contributed by atoms with E-state index in [9.17, 15) is 19.7 Å². The maximum absolute atomic E-state index is 13.3. The summed E-state index contributed by atoms with van der Waals surface area (Å²) >= 11 is 0. The van der Waals surface area contributed by atoms with Gasteiger partial charge in [0.05, 0.1) is 30.0 Å². The minimum atomic E-state index is -0.933. The zero-order chi connectivity index (χ0) is 28.8. The Bertz CT molecular complexity index is 1490. The third-order valence-electron chi connectivity index (χ3n) is 6.96. The number of carbonyl (C=O) groups is 2. The molecule has 0 spiro atoms. The Morgan fingerprint density at radius 3 is 2.58 bits per heavy atom. The molecule has 2 aromatic carbocycles. The minimum absolute atomic E-state index is 0.0178. The van der Waals surface area contributed by atoms with E-state index in [2.05, 4.69) is 16.9 Å². The second-order valence-corrected chi connectivity index (χ2v) is 9.44. The normalized spacial score (nSPS) is 17.9. The average Bonchev–Trinajstić information content (AvgIpc) is 3.49. The van der Waals surface area contributed by atoms with Crippen LogP contribution in [0.1, 0.15) is 49.4 Å². The van der Waals surface area contributed by atoms with Gasteiger partial charge in [-0.2, -0.15) is 0 Å². The number of nitro groups is 1. The van der Waals surface area contributed by atoms with Crippen LogP contribution >= 0.6 is 0 Å². The molecule has 0 saturated heterocycles. The predicted octanol–water partition coefficient (Wildman–Crippen LogP) is 5.28. The van der Waals surface area contributed by atoms with E-state index in [4.69, 9.17) is 9.47 Å². The van der Waals surface area contributed by atoms with Gasteiger partial charge in [-0.15, -0.1) is 0 Å². The molecular formula is C30H30N4O6. The molecule has 0 amide bonds. The molecule has 0 saturated carbocycles. The van der Waals surface area contributed by atoms with Crippen LogP contribution in [-0.2, 0) is 19.1 Å². The molecule has 3 unspecified atom stereocenters. The highest BCUT2D eigenvalue weighted by Gasteiger charge is 2.42. The summed E-state index contributed by atoms with van der Waals surface area (Å²) in [5.41, 5.74) is 3.32. The summed E-state index contributed by atoms with van der Waals surface area (Å²) in [4.78, 5) is 45.5. The van der Waals surface area contributed by atoms with E-state index in [0.717, 1.165) is 11.1 Å². The first-order valence-electron chi connectivity index (χ1n) is 12.7. The van der Waals surface area contributed by atoms with Crippen LogP contribution in [-0.4, -0.2) is 45.8 Å². The molecule has 4 rings (SSSR count). The number of ether oxygens (including phenoxy) is 2. The molecule has 1 aliphatic heterocycles. The molecule has 1 aliphatic rings. The summed E-state index contributed by atoms with van der Waals surface area (Å²) < 4.78 is 12.6. The van der Waals surface area contributed by atoms with Crippen molar-refractivity contribution in [3.05, 3.63) is 111 Å². The Balaban J connectivity index is 1.52. The molecule has 10 nitrogen and oxygen atoms in total. The molecule has 0 radical (unpaired) electrons. The Hall–Kier alpha value is -4.86. The van der Waals surface area contributed by atoms with Crippen molar-refractivity contribution in [2.45, 2.75) is 32.7 Å². The van der Waals surface area contributed by atoms with Gasteiger partial charge in [0.2, 0.25) is 0 Å². The van der Waals surface area contributed by atoms with E-state index in [1.54, 1.807) is 38.5 Å². The van der Waals surface area contributed by atoms with Crippen molar-refractivity contribution < 1.29 is 24.0 Å². The molecule has 0 N–H and O–H groups in total. The highest BCUT2D eigenvalue weighted by atomic mass is 16.6. The van der Waals surface area contributed by atoms with Gasteiger partial charge < -0.3 is 14.0 Å². The van der Waals surface area contributed by atoms with E-state index in [1.165, 1.54) is 25.3 Å². The van der Waals surface area contributed by atoms with Crippen LogP contribution in [0.2, 0.25) is 0 Å². The second kappa shape index (κ2) is 12.3. The molecule has 2 heterocycles. The molecule has 1 aromatic heterocycles. The zero-order valence-corrected chi connectivity index (χ0v) is 22.7. The van der Waals surface area contributed by atoms with Gasteiger partial charge in [0.1, 0.15) is 12.5 Å². The van der Waals surface area contributed by atoms with Crippen LogP contribution in [0.3, 0.4) is 0 Å². The third-order valence-corrected chi connectivity index (χ3v) is 6.96. The van der Waals surface area contributed by atoms with Gasteiger partial charge in [0.15, 0.2) is 0 Å². The number of nitro benzene ring substituents is 1. The van der Waals surface area contributed by atoms with Gasteiger partial charge in [-0.1, -0.05) is 42.5 Å². The van der Waals surface area contributed by atoms with Crippen molar-refractivity contribution in [1.82, 2.24) is 9.55 Å². The minimum Gasteiger partial charge on any atom is -0.468 e. The van der Waals surface area contributed by atoms with Crippen LogP contribution in [0.15, 0.2) is 89.6 Å². The van der Waals surface area contributed by atoms with Gasteiger partial charge in [0.25, 0.3) is 5.69 Å². The zero-order valence-electron chi connectivity index (χ0n) is 22.7. The first-order valence-corrected chi connectivity index (χ1v) is 12.7. The number of benzene rings is 2. The topological polar surface area (TPSA) is 126 Å². The van der Waals surface area contributed by atoms with Crippen molar-refractivity contribution in [2.24, 2.45) is 10.9 Å². The fraction of sp³-hybridized carbons (Fsp3) is 0.267. The van der Waals surface area contributed by atoms with E-state index in [0.29, 0.717) is 17.0 Å². The lowest BCUT2D eigenvalue weighted by molar-refractivity contribution is -0.384. The number of aliphatic imine (C=N–C) groups is 1. The molecule has 0 bridgehead atoms. The number of esters is 2. The third kappa shape index (κ3) is 6.06. The molecule has 40 heavy (non-hydrogen) atoms. The van der Waals surface area contributed by atoms with Crippen LogP contribution in [0.25, 0.3) is 6.08 Å². The van der Waals surface area contributed by atoms with Crippen molar-refractivity contribution in [2.75, 3.05) is 13.7 Å². The lowest BCUT2D eigenvalue weighted by Gasteiger charge is -2.31. The van der Waals surface area contributed by atoms with Crippen molar-refractivity contribution in [3.63, 3.8) is 0 Å². The summed E-state index contributed by atoms with van der Waals surface area (Å²) in [7, 11) is 1.25. The number of aromatic nitrogens is 2. The quantitative estimate of drug-likeness (QED) is 0.205. The van der Waals surface area contributed by atoms with Crippen molar-refractivity contribution in [1.29, 1.82) is 0 Å².